The highest BCUT2D eigenvalue weighted by atomic mass is 14.9. The van der Waals surface area contributed by atoms with E-state index in [9.17, 15) is 0 Å². The molecule has 0 aliphatic rings. The summed E-state index contributed by atoms with van der Waals surface area (Å²) in [5.74, 6) is 3.11. The van der Waals surface area contributed by atoms with E-state index >= 15 is 0 Å². The van der Waals surface area contributed by atoms with Crippen LogP contribution in [0.2, 0.25) is 0 Å². The molecule has 21 heavy (non-hydrogen) atoms. The Bertz CT molecular complexity index is 514. The van der Waals surface area contributed by atoms with E-state index in [1.165, 1.54) is 11.1 Å². The normalized spacial score (nSPS) is 12.0. The number of nitrogens with one attached hydrogen (secondary N) is 1. The lowest BCUT2D eigenvalue weighted by atomic mass is 9.83. The summed E-state index contributed by atoms with van der Waals surface area (Å²) in [5.41, 5.74) is 2.68. The lowest BCUT2D eigenvalue weighted by Crippen LogP contribution is -2.35. The van der Waals surface area contributed by atoms with Crippen molar-refractivity contribution in [2.24, 2.45) is 0 Å². The van der Waals surface area contributed by atoms with E-state index in [4.69, 9.17) is 6.42 Å². The summed E-state index contributed by atoms with van der Waals surface area (Å²) in [7, 11) is 0. The van der Waals surface area contributed by atoms with Crippen LogP contribution in [-0.4, -0.2) is 12.6 Å². The third-order valence-electron chi connectivity index (χ3n) is 3.79. The smallest absolute Gasteiger partial charge is 0.0243 e. The number of terminal acetylenes is 1. The predicted molar refractivity (Wildman–Crippen MR) is 90.3 cm³/mol. The van der Waals surface area contributed by atoms with Gasteiger partial charge in [0.25, 0.3) is 0 Å². The average Bonchev–Trinajstić information content (AvgIpc) is 2.55. The molecule has 0 radical (unpaired) electrons. The van der Waals surface area contributed by atoms with Crippen LogP contribution >= 0.6 is 0 Å². The van der Waals surface area contributed by atoms with Crippen molar-refractivity contribution in [3.05, 3.63) is 71.8 Å². The molecule has 1 N–H and O–H groups in total. The minimum atomic E-state index is 0.334. The minimum Gasteiger partial charge on any atom is -0.313 e. The third kappa shape index (κ3) is 4.21. The van der Waals surface area contributed by atoms with E-state index in [0.717, 1.165) is 19.4 Å². The lowest BCUT2D eigenvalue weighted by molar-refractivity contribution is 0.455. The first-order valence-corrected chi connectivity index (χ1v) is 7.63. The van der Waals surface area contributed by atoms with Gasteiger partial charge in [-0.2, -0.15) is 0 Å². The standard InChI is InChI=1S/C20H23N/c1-3-5-16-19(21-4-2)20(17-12-8-6-9-13-17)18-14-10-7-11-15-18/h1,6-15,19-21H,4-5,16H2,2H3. The first-order valence-electron chi connectivity index (χ1n) is 7.63. The Hall–Kier alpha value is -2.04. The summed E-state index contributed by atoms with van der Waals surface area (Å²) >= 11 is 0. The van der Waals surface area contributed by atoms with Gasteiger partial charge in [0.15, 0.2) is 0 Å². The van der Waals surface area contributed by atoms with Crippen LogP contribution in [0.25, 0.3) is 0 Å². The average molecular weight is 277 g/mol. The SMILES string of the molecule is C#CCCC(NCC)C(c1ccccc1)c1ccccc1. The Labute approximate surface area is 128 Å². The maximum Gasteiger partial charge on any atom is 0.0243 e. The molecule has 2 aromatic carbocycles. The largest absolute Gasteiger partial charge is 0.313 e. The van der Waals surface area contributed by atoms with Crippen LogP contribution in [0.5, 0.6) is 0 Å². The Morgan fingerprint density at radius 3 is 1.90 bits per heavy atom. The van der Waals surface area contributed by atoms with E-state index < -0.39 is 0 Å². The lowest BCUT2D eigenvalue weighted by Gasteiger charge is -2.28. The molecule has 0 aliphatic carbocycles. The molecule has 2 aromatic rings. The van der Waals surface area contributed by atoms with Crippen molar-refractivity contribution in [1.29, 1.82) is 0 Å². The van der Waals surface area contributed by atoms with E-state index in [1.54, 1.807) is 0 Å². The molecule has 0 amide bonds. The zero-order valence-electron chi connectivity index (χ0n) is 12.6. The molecule has 0 saturated heterocycles. The molecule has 1 heteroatoms. The molecule has 0 heterocycles. The first-order chi connectivity index (χ1) is 10.4. The number of likely N-dealkylation sites (N-methyl/N-ethyl adjacent to an activating group) is 1. The van der Waals surface area contributed by atoms with Crippen molar-refractivity contribution >= 4 is 0 Å². The highest BCUT2D eigenvalue weighted by Gasteiger charge is 2.23. The van der Waals surface area contributed by atoms with Gasteiger partial charge >= 0.3 is 0 Å². The second-order valence-electron chi connectivity index (χ2n) is 5.21. The molecule has 0 aromatic heterocycles. The van der Waals surface area contributed by atoms with Gasteiger partial charge in [0.1, 0.15) is 0 Å². The van der Waals surface area contributed by atoms with Crippen molar-refractivity contribution in [2.75, 3.05) is 6.54 Å². The zero-order chi connectivity index (χ0) is 14.9. The van der Waals surface area contributed by atoms with Crippen molar-refractivity contribution in [2.45, 2.75) is 31.7 Å². The Morgan fingerprint density at radius 2 is 1.48 bits per heavy atom. The number of rotatable bonds is 7. The van der Waals surface area contributed by atoms with Crippen molar-refractivity contribution in [3.63, 3.8) is 0 Å². The second kappa shape index (κ2) is 8.29. The highest BCUT2D eigenvalue weighted by molar-refractivity contribution is 5.34. The number of benzene rings is 2. The van der Waals surface area contributed by atoms with Crippen molar-refractivity contribution in [3.8, 4) is 12.3 Å². The molecule has 1 unspecified atom stereocenters. The fourth-order valence-corrected chi connectivity index (χ4v) is 2.87. The van der Waals surface area contributed by atoms with Gasteiger partial charge in [-0.15, -0.1) is 12.3 Å². The Kier molecular flexibility index (Phi) is 6.06. The maximum absolute atomic E-state index is 5.47. The molecule has 0 fully saturated rings. The van der Waals surface area contributed by atoms with E-state index in [0.29, 0.717) is 12.0 Å². The van der Waals surface area contributed by atoms with Crippen LogP contribution in [0.15, 0.2) is 60.7 Å². The number of hydrogen-bond acceptors (Lipinski definition) is 1. The fraction of sp³-hybridized carbons (Fsp3) is 0.300. The Balaban J connectivity index is 2.37. The van der Waals surface area contributed by atoms with Crippen molar-refractivity contribution in [1.82, 2.24) is 5.32 Å². The summed E-state index contributed by atoms with van der Waals surface area (Å²) < 4.78 is 0. The second-order valence-corrected chi connectivity index (χ2v) is 5.21. The zero-order valence-corrected chi connectivity index (χ0v) is 12.6. The van der Waals surface area contributed by atoms with Gasteiger partial charge in [0.05, 0.1) is 0 Å². The molecule has 0 bridgehead atoms. The summed E-state index contributed by atoms with van der Waals surface area (Å²) in [6.07, 6.45) is 7.26. The summed E-state index contributed by atoms with van der Waals surface area (Å²) in [6, 6.07) is 21.7. The van der Waals surface area contributed by atoms with Gasteiger partial charge in [0.2, 0.25) is 0 Å². The van der Waals surface area contributed by atoms with Gasteiger partial charge < -0.3 is 5.32 Å². The molecule has 0 spiro atoms. The summed E-state index contributed by atoms with van der Waals surface area (Å²) in [5, 5.41) is 3.62. The molecule has 1 nitrogen and oxygen atoms in total. The van der Waals surface area contributed by atoms with Crippen LogP contribution in [0.4, 0.5) is 0 Å². The van der Waals surface area contributed by atoms with Gasteiger partial charge in [0, 0.05) is 18.4 Å². The molecular formula is C20H23N. The van der Waals surface area contributed by atoms with Gasteiger partial charge in [-0.05, 0) is 24.1 Å². The summed E-state index contributed by atoms with van der Waals surface area (Å²) in [4.78, 5) is 0. The summed E-state index contributed by atoms with van der Waals surface area (Å²) in [6.45, 7) is 3.10. The number of hydrogen-bond donors (Lipinski definition) is 1. The predicted octanol–water partition coefficient (Wildman–Crippen LogP) is 4.21. The molecule has 0 aliphatic heterocycles. The van der Waals surface area contributed by atoms with Crippen LogP contribution in [-0.2, 0) is 0 Å². The van der Waals surface area contributed by atoms with Crippen molar-refractivity contribution < 1.29 is 0 Å². The quantitative estimate of drug-likeness (QED) is 0.748. The van der Waals surface area contributed by atoms with E-state index in [-0.39, 0.29) is 0 Å². The van der Waals surface area contributed by atoms with Gasteiger partial charge in [-0.25, -0.2) is 0 Å². The van der Waals surface area contributed by atoms with Gasteiger partial charge in [-0.1, -0.05) is 67.6 Å². The molecular weight excluding hydrogens is 254 g/mol. The Morgan fingerprint density at radius 1 is 0.952 bits per heavy atom. The fourth-order valence-electron chi connectivity index (χ4n) is 2.87. The topological polar surface area (TPSA) is 12.0 Å². The molecule has 0 saturated carbocycles. The van der Waals surface area contributed by atoms with Crippen LogP contribution in [0, 0.1) is 12.3 Å². The molecule has 2 rings (SSSR count). The minimum absolute atomic E-state index is 0.334. The first kappa shape index (κ1) is 15.4. The third-order valence-corrected chi connectivity index (χ3v) is 3.79. The molecule has 1 atom stereocenters. The maximum atomic E-state index is 5.47. The van der Waals surface area contributed by atoms with Crippen LogP contribution in [0.1, 0.15) is 36.8 Å². The van der Waals surface area contributed by atoms with Gasteiger partial charge in [-0.3, -0.25) is 0 Å². The molecule has 108 valence electrons. The van der Waals surface area contributed by atoms with Crippen LogP contribution in [0.3, 0.4) is 0 Å². The van der Waals surface area contributed by atoms with E-state index in [1.807, 2.05) is 0 Å². The van der Waals surface area contributed by atoms with Crippen LogP contribution < -0.4 is 5.32 Å². The highest BCUT2D eigenvalue weighted by Crippen LogP contribution is 2.30. The van der Waals surface area contributed by atoms with E-state index in [2.05, 4.69) is 78.8 Å². The monoisotopic (exact) mass is 277 g/mol.